The summed E-state index contributed by atoms with van der Waals surface area (Å²) >= 11 is 0. The zero-order chi connectivity index (χ0) is 17.8. The first-order chi connectivity index (χ1) is 11.9. The fraction of sp³-hybridized carbons (Fsp3) is 0.864. The Labute approximate surface area is 152 Å². The predicted octanol–water partition coefficient (Wildman–Crippen LogP) is 5.10. The Morgan fingerprint density at radius 2 is 1.80 bits per heavy atom. The number of rotatable bonds is 2. The molecule has 7 atom stereocenters. The van der Waals surface area contributed by atoms with E-state index in [9.17, 15) is 4.79 Å². The second-order valence-electron chi connectivity index (χ2n) is 9.62. The number of ether oxygens (including phenoxy) is 2. The highest BCUT2D eigenvalue weighted by atomic mass is 16.5. The molecule has 0 N–H and O–H groups in total. The molecular formula is C22H34O3. The largest absolute Gasteiger partial charge is 0.501 e. The summed E-state index contributed by atoms with van der Waals surface area (Å²) in [7, 11) is 1.82. The standard InChI is InChI=1S/C22H34O3/c1-14(23)25-20-8-7-18-17-6-5-15-13-16(24-4)9-11-21(15,2)19(17)10-12-22(18,20)3/h13,15,17-20H,5-12H2,1-4H3/t15-,17+,18+,19+,20+,21+,22+/m1/s1. The summed E-state index contributed by atoms with van der Waals surface area (Å²) < 4.78 is 11.3. The third kappa shape index (κ3) is 2.56. The normalized spacial score (nSPS) is 48.6. The maximum absolute atomic E-state index is 11.6. The Morgan fingerprint density at radius 1 is 1.04 bits per heavy atom. The predicted molar refractivity (Wildman–Crippen MR) is 97.8 cm³/mol. The Hall–Kier alpha value is -0.990. The maximum Gasteiger partial charge on any atom is 0.302 e. The lowest BCUT2D eigenvalue weighted by atomic mass is 9.46. The minimum Gasteiger partial charge on any atom is -0.501 e. The van der Waals surface area contributed by atoms with Crippen molar-refractivity contribution in [2.75, 3.05) is 7.11 Å². The van der Waals surface area contributed by atoms with E-state index in [1.165, 1.54) is 44.3 Å². The number of methoxy groups -OCH3 is 1. The van der Waals surface area contributed by atoms with E-state index in [0.29, 0.717) is 11.3 Å². The number of esters is 1. The van der Waals surface area contributed by atoms with E-state index in [-0.39, 0.29) is 17.5 Å². The maximum atomic E-state index is 11.6. The summed E-state index contributed by atoms with van der Waals surface area (Å²) in [5.74, 6) is 4.17. The van der Waals surface area contributed by atoms with E-state index in [2.05, 4.69) is 19.9 Å². The Balaban J connectivity index is 1.58. The molecule has 0 spiro atoms. The fourth-order valence-electron chi connectivity index (χ4n) is 7.35. The Bertz CT molecular complexity index is 582. The minimum absolute atomic E-state index is 0.103. The van der Waals surface area contributed by atoms with Crippen molar-refractivity contribution in [2.45, 2.75) is 78.2 Å². The van der Waals surface area contributed by atoms with Crippen LogP contribution >= 0.6 is 0 Å². The molecule has 25 heavy (non-hydrogen) atoms. The molecule has 0 unspecified atom stereocenters. The SMILES string of the molecule is COC1=C[C@H]2CC[C@@H]3[C@H](CC[C@]4(C)[C@@H](OC(C)=O)CC[C@@H]34)[C@@]2(C)CC1. The van der Waals surface area contributed by atoms with Crippen LogP contribution < -0.4 is 0 Å². The fourth-order valence-corrected chi connectivity index (χ4v) is 7.35. The van der Waals surface area contributed by atoms with E-state index in [1.807, 2.05) is 7.11 Å². The summed E-state index contributed by atoms with van der Waals surface area (Å²) in [4.78, 5) is 11.6. The summed E-state index contributed by atoms with van der Waals surface area (Å²) in [6.07, 6.45) is 12.4. The van der Waals surface area contributed by atoms with E-state index < -0.39 is 0 Å². The number of hydrogen-bond donors (Lipinski definition) is 0. The topological polar surface area (TPSA) is 35.5 Å². The second-order valence-corrected chi connectivity index (χ2v) is 9.62. The molecule has 0 bridgehead atoms. The molecule has 0 aromatic rings. The van der Waals surface area contributed by atoms with Gasteiger partial charge in [-0.05, 0) is 80.1 Å². The van der Waals surface area contributed by atoms with Crippen molar-refractivity contribution in [3.63, 3.8) is 0 Å². The van der Waals surface area contributed by atoms with Crippen LogP contribution in [-0.2, 0) is 14.3 Å². The van der Waals surface area contributed by atoms with Crippen LogP contribution in [-0.4, -0.2) is 19.2 Å². The van der Waals surface area contributed by atoms with Crippen molar-refractivity contribution in [3.8, 4) is 0 Å². The number of carbonyl (C=O) groups excluding carboxylic acids is 1. The summed E-state index contributed by atoms with van der Waals surface area (Å²) in [5, 5.41) is 0. The molecule has 0 radical (unpaired) electrons. The van der Waals surface area contributed by atoms with Gasteiger partial charge in [0.1, 0.15) is 6.10 Å². The van der Waals surface area contributed by atoms with E-state index >= 15 is 0 Å². The molecule has 4 aliphatic carbocycles. The van der Waals surface area contributed by atoms with Crippen molar-refractivity contribution in [1.82, 2.24) is 0 Å². The average Bonchev–Trinajstić information content (AvgIpc) is 2.90. The molecule has 3 nitrogen and oxygen atoms in total. The van der Waals surface area contributed by atoms with Gasteiger partial charge < -0.3 is 9.47 Å². The zero-order valence-electron chi connectivity index (χ0n) is 16.3. The first-order valence-corrected chi connectivity index (χ1v) is 10.3. The van der Waals surface area contributed by atoms with Crippen molar-refractivity contribution < 1.29 is 14.3 Å². The van der Waals surface area contributed by atoms with E-state index in [0.717, 1.165) is 30.6 Å². The third-order valence-electron chi connectivity index (χ3n) is 8.72. The monoisotopic (exact) mass is 346 g/mol. The molecule has 3 heteroatoms. The first-order valence-electron chi connectivity index (χ1n) is 10.3. The van der Waals surface area contributed by atoms with Gasteiger partial charge in [0.05, 0.1) is 12.9 Å². The van der Waals surface area contributed by atoms with Gasteiger partial charge in [-0.2, -0.15) is 0 Å². The molecule has 3 saturated carbocycles. The molecule has 4 rings (SSSR count). The number of allylic oxidation sites excluding steroid dienone is 2. The molecule has 0 amide bonds. The molecule has 4 aliphatic rings. The number of hydrogen-bond acceptors (Lipinski definition) is 3. The van der Waals surface area contributed by atoms with Gasteiger partial charge in [0, 0.05) is 18.8 Å². The van der Waals surface area contributed by atoms with E-state index in [1.54, 1.807) is 6.92 Å². The van der Waals surface area contributed by atoms with Crippen molar-refractivity contribution in [3.05, 3.63) is 11.8 Å². The van der Waals surface area contributed by atoms with Gasteiger partial charge in [-0.3, -0.25) is 4.79 Å². The highest BCUT2D eigenvalue weighted by molar-refractivity contribution is 5.66. The van der Waals surface area contributed by atoms with Gasteiger partial charge >= 0.3 is 5.97 Å². The van der Waals surface area contributed by atoms with Crippen LogP contribution in [0.25, 0.3) is 0 Å². The summed E-state index contributed by atoms with van der Waals surface area (Å²) in [6, 6.07) is 0. The zero-order valence-corrected chi connectivity index (χ0v) is 16.3. The highest BCUT2D eigenvalue weighted by Gasteiger charge is 2.60. The first kappa shape index (κ1) is 17.4. The highest BCUT2D eigenvalue weighted by Crippen LogP contribution is 2.66. The van der Waals surface area contributed by atoms with Crippen LogP contribution in [0.5, 0.6) is 0 Å². The molecule has 0 aliphatic heterocycles. The molecule has 0 aromatic carbocycles. The molecule has 0 saturated heterocycles. The molecule has 0 aromatic heterocycles. The lowest BCUT2D eigenvalue weighted by Gasteiger charge is -2.59. The number of carbonyl (C=O) groups is 1. The Morgan fingerprint density at radius 3 is 2.52 bits per heavy atom. The van der Waals surface area contributed by atoms with Crippen LogP contribution in [0.1, 0.15) is 72.1 Å². The van der Waals surface area contributed by atoms with Crippen molar-refractivity contribution in [1.29, 1.82) is 0 Å². The van der Waals surface area contributed by atoms with Gasteiger partial charge in [0.2, 0.25) is 0 Å². The molecule has 140 valence electrons. The minimum atomic E-state index is -0.103. The van der Waals surface area contributed by atoms with Crippen molar-refractivity contribution >= 4 is 5.97 Å². The van der Waals surface area contributed by atoms with Gasteiger partial charge in [-0.25, -0.2) is 0 Å². The van der Waals surface area contributed by atoms with Crippen LogP contribution in [0, 0.1) is 34.5 Å². The number of fused-ring (bicyclic) bond motifs is 5. The summed E-state index contributed by atoms with van der Waals surface area (Å²) in [5.41, 5.74) is 0.643. The van der Waals surface area contributed by atoms with Crippen LogP contribution in [0.15, 0.2) is 11.8 Å². The summed E-state index contributed by atoms with van der Waals surface area (Å²) in [6.45, 7) is 6.53. The lowest BCUT2D eigenvalue weighted by molar-refractivity contribution is -0.159. The van der Waals surface area contributed by atoms with Gasteiger partial charge in [-0.15, -0.1) is 0 Å². The van der Waals surface area contributed by atoms with Crippen LogP contribution in [0.3, 0.4) is 0 Å². The van der Waals surface area contributed by atoms with Gasteiger partial charge in [0.15, 0.2) is 0 Å². The van der Waals surface area contributed by atoms with Crippen molar-refractivity contribution in [2.24, 2.45) is 34.5 Å². The van der Waals surface area contributed by atoms with Gasteiger partial charge in [-0.1, -0.05) is 13.8 Å². The smallest absolute Gasteiger partial charge is 0.302 e. The second kappa shape index (κ2) is 6.03. The van der Waals surface area contributed by atoms with Crippen LogP contribution in [0.2, 0.25) is 0 Å². The molecule has 3 fully saturated rings. The molecular weight excluding hydrogens is 312 g/mol. The van der Waals surface area contributed by atoms with Gasteiger partial charge in [0.25, 0.3) is 0 Å². The average molecular weight is 347 g/mol. The third-order valence-corrected chi connectivity index (χ3v) is 8.72. The lowest BCUT2D eigenvalue weighted by Crippen LogP contribution is -2.53. The molecule has 0 heterocycles. The van der Waals surface area contributed by atoms with Crippen LogP contribution in [0.4, 0.5) is 0 Å². The Kier molecular flexibility index (Phi) is 4.20. The van der Waals surface area contributed by atoms with E-state index in [4.69, 9.17) is 9.47 Å². The quantitative estimate of drug-likeness (QED) is 0.653.